The topological polar surface area (TPSA) is 68.3 Å². The third kappa shape index (κ3) is 3.86. The van der Waals surface area contributed by atoms with Crippen molar-refractivity contribution in [1.82, 2.24) is 10.3 Å². The molecule has 5 heteroatoms. The Morgan fingerprint density at radius 3 is 2.65 bits per heavy atom. The van der Waals surface area contributed by atoms with Crippen molar-refractivity contribution >= 4 is 22.8 Å². The lowest BCUT2D eigenvalue weighted by Gasteiger charge is -2.13. The average molecular weight is 314 g/mol. The van der Waals surface area contributed by atoms with Gasteiger partial charge in [-0.1, -0.05) is 32.0 Å². The van der Waals surface area contributed by atoms with Crippen molar-refractivity contribution in [2.45, 2.75) is 33.6 Å². The highest BCUT2D eigenvalue weighted by Crippen LogP contribution is 2.23. The summed E-state index contributed by atoms with van der Waals surface area (Å²) >= 11 is 0. The Bertz CT molecular complexity index is 726. The van der Waals surface area contributed by atoms with E-state index in [1.54, 1.807) is 0 Å². The lowest BCUT2D eigenvalue weighted by Crippen LogP contribution is -2.29. The van der Waals surface area contributed by atoms with Crippen LogP contribution in [0.3, 0.4) is 0 Å². The van der Waals surface area contributed by atoms with Gasteiger partial charge in [0.1, 0.15) is 0 Å². The zero-order valence-corrected chi connectivity index (χ0v) is 13.8. The van der Waals surface area contributed by atoms with Gasteiger partial charge in [0.25, 0.3) is 5.91 Å². The number of fused-ring (bicyclic) bond motifs is 1. The molecule has 0 aliphatic carbocycles. The van der Waals surface area contributed by atoms with Crippen LogP contribution in [-0.4, -0.2) is 30.0 Å². The molecule has 1 heterocycles. The number of amides is 1. The van der Waals surface area contributed by atoms with E-state index in [1.807, 2.05) is 45.0 Å². The molecule has 0 saturated heterocycles. The van der Waals surface area contributed by atoms with E-state index in [0.29, 0.717) is 24.2 Å². The highest BCUT2D eigenvalue weighted by atomic mass is 16.5. The molecule has 0 bridgehead atoms. The number of carbonyl (C=O) groups is 2. The zero-order valence-electron chi connectivity index (χ0n) is 13.8. The summed E-state index contributed by atoms with van der Waals surface area (Å²) in [7, 11) is 0. The van der Waals surface area contributed by atoms with Crippen LogP contribution in [0.15, 0.2) is 24.3 Å². The summed E-state index contributed by atoms with van der Waals surface area (Å²) in [6.07, 6.45) is 1.46. The van der Waals surface area contributed by atoms with Crippen molar-refractivity contribution in [3.63, 3.8) is 0 Å². The van der Waals surface area contributed by atoms with E-state index in [9.17, 15) is 9.59 Å². The Hall–Kier alpha value is -2.43. The number of hydrogen-bond acceptors (Lipinski definition) is 4. The molecule has 122 valence electrons. The SMILES string of the molecule is CCCNC(=O)COC(=O)c1c(CC)nc2ccccc2c1C. The highest BCUT2D eigenvalue weighted by Gasteiger charge is 2.19. The van der Waals surface area contributed by atoms with Crippen LogP contribution in [0, 0.1) is 6.92 Å². The van der Waals surface area contributed by atoms with E-state index in [1.165, 1.54) is 0 Å². The molecule has 0 unspecified atom stereocenters. The molecule has 2 rings (SSSR count). The summed E-state index contributed by atoms with van der Waals surface area (Å²) in [4.78, 5) is 28.6. The number of benzene rings is 1. The van der Waals surface area contributed by atoms with Crippen molar-refractivity contribution in [2.24, 2.45) is 0 Å². The number of ether oxygens (including phenoxy) is 1. The predicted octanol–water partition coefficient (Wildman–Crippen LogP) is 2.79. The second-order valence-corrected chi connectivity index (χ2v) is 5.36. The third-order valence-corrected chi connectivity index (χ3v) is 3.67. The van der Waals surface area contributed by atoms with E-state index in [4.69, 9.17) is 4.74 Å². The fourth-order valence-corrected chi connectivity index (χ4v) is 2.49. The molecule has 0 aliphatic heterocycles. The normalized spacial score (nSPS) is 10.6. The molecule has 0 aliphatic rings. The summed E-state index contributed by atoms with van der Waals surface area (Å²) in [5.74, 6) is -0.783. The first-order chi connectivity index (χ1) is 11.1. The summed E-state index contributed by atoms with van der Waals surface area (Å²) in [5.41, 5.74) is 2.86. The van der Waals surface area contributed by atoms with Crippen molar-refractivity contribution in [3.8, 4) is 0 Å². The van der Waals surface area contributed by atoms with E-state index < -0.39 is 5.97 Å². The van der Waals surface area contributed by atoms with Gasteiger partial charge in [-0.3, -0.25) is 9.78 Å². The van der Waals surface area contributed by atoms with Crippen LogP contribution in [0.1, 0.15) is 41.9 Å². The number of aryl methyl sites for hydroxylation is 2. The van der Waals surface area contributed by atoms with Gasteiger partial charge in [0.05, 0.1) is 16.8 Å². The number of pyridine rings is 1. The van der Waals surface area contributed by atoms with Gasteiger partial charge in [-0.05, 0) is 31.4 Å². The van der Waals surface area contributed by atoms with Crippen LogP contribution in [0.25, 0.3) is 10.9 Å². The molecule has 0 radical (unpaired) electrons. The van der Waals surface area contributed by atoms with Crippen LogP contribution < -0.4 is 5.32 Å². The average Bonchev–Trinajstić information content (AvgIpc) is 2.57. The molecule has 1 N–H and O–H groups in total. The van der Waals surface area contributed by atoms with Gasteiger partial charge in [0, 0.05) is 11.9 Å². The van der Waals surface area contributed by atoms with Gasteiger partial charge >= 0.3 is 5.97 Å². The summed E-state index contributed by atoms with van der Waals surface area (Å²) in [5, 5.41) is 3.60. The van der Waals surface area contributed by atoms with Crippen molar-refractivity contribution < 1.29 is 14.3 Å². The molecule has 2 aromatic rings. The van der Waals surface area contributed by atoms with Gasteiger partial charge in [-0.15, -0.1) is 0 Å². The first kappa shape index (κ1) is 16.9. The number of aromatic nitrogens is 1. The van der Waals surface area contributed by atoms with Crippen LogP contribution in [0.2, 0.25) is 0 Å². The minimum atomic E-state index is -0.496. The zero-order chi connectivity index (χ0) is 16.8. The number of para-hydroxylation sites is 1. The predicted molar refractivity (Wildman–Crippen MR) is 89.4 cm³/mol. The fraction of sp³-hybridized carbons (Fsp3) is 0.389. The second-order valence-electron chi connectivity index (χ2n) is 5.36. The first-order valence-corrected chi connectivity index (χ1v) is 7.90. The number of nitrogens with zero attached hydrogens (tertiary/aromatic N) is 1. The molecule has 5 nitrogen and oxygen atoms in total. The number of hydrogen-bond donors (Lipinski definition) is 1. The van der Waals surface area contributed by atoms with Crippen LogP contribution in [0.4, 0.5) is 0 Å². The second kappa shape index (κ2) is 7.72. The number of nitrogens with one attached hydrogen (secondary N) is 1. The van der Waals surface area contributed by atoms with Gasteiger partial charge in [-0.25, -0.2) is 4.79 Å². The smallest absolute Gasteiger partial charge is 0.340 e. The maximum absolute atomic E-state index is 12.4. The fourth-order valence-electron chi connectivity index (χ4n) is 2.49. The van der Waals surface area contributed by atoms with Crippen molar-refractivity contribution in [3.05, 3.63) is 41.1 Å². The van der Waals surface area contributed by atoms with Crippen molar-refractivity contribution in [1.29, 1.82) is 0 Å². The Balaban J connectivity index is 2.25. The molecular formula is C18H22N2O3. The van der Waals surface area contributed by atoms with Crippen LogP contribution in [0.5, 0.6) is 0 Å². The Morgan fingerprint density at radius 1 is 1.22 bits per heavy atom. The molecule has 23 heavy (non-hydrogen) atoms. The Kier molecular flexibility index (Phi) is 5.68. The largest absolute Gasteiger partial charge is 0.452 e. The molecule has 1 aromatic heterocycles. The minimum absolute atomic E-state index is 0.270. The van der Waals surface area contributed by atoms with E-state index >= 15 is 0 Å². The molecule has 0 saturated carbocycles. The number of rotatable bonds is 6. The number of esters is 1. The van der Waals surface area contributed by atoms with Gasteiger partial charge in [-0.2, -0.15) is 0 Å². The summed E-state index contributed by atoms with van der Waals surface area (Å²) in [6.45, 7) is 6.10. The minimum Gasteiger partial charge on any atom is -0.452 e. The maximum atomic E-state index is 12.4. The molecule has 1 aromatic carbocycles. The van der Waals surface area contributed by atoms with Crippen LogP contribution >= 0.6 is 0 Å². The van der Waals surface area contributed by atoms with Gasteiger partial charge < -0.3 is 10.1 Å². The van der Waals surface area contributed by atoms with E-state index in [-0.39, 0.29) is 12.5 Å². The molecule has 0 atom stereocenters. The third-order valence-electron chi connectivity index (χ3n) is 3.67. The molecule has 0 fully saturated rings. The van der Waals surface area contributed by atoms with Gasteiger partial charge in [0.2, 0.25) is 0 Å². The van der Waals surface area contributed by atoms with Crippen LogP contribution in [-0.2, 0) is 16.0 Å². The Morgan fingerprint density at radius 2 is 1.96 bits per heavy atom. The van der Waals surface area contributed by atoms with E-state index in [0.717, 1.165) is 22.9 Å². The molecule has 1 amide bonds. The highest BCUT2D eigenvalue weighted by molar-refractivity contribution is 5.99. The summed E-state index contributed by atoms with van der Waals surface area (Å²) in [6, 6.07) is 7.69. The van der Waals surface area contributed by atoms with Crippen molar-refractivity contribution in [2.75, 3.05) is 13.2 Å². The monoisotopic (exact) mass is 314 g/mol. The first-order valence-electron chi connectivity index (χ1n) is 7.90. The standard InChI is InChI=1S/C18H22N2O3/c1-4-10-19-16(21)11-23-18(22)17-12(3)13-8-6-7-9-15(13)20-14(17)5-2/h6-9H,4-5,10-11H2,1-3H3,(H,19,21). The molecule has 0 spiro atoms. The lowest BCUT2D eigenvalue weighted by atomic mass is 10.0. The van der Waals surface area contributed by atoms with E-state index in [2.05, 4.69) is 10.3 Å². The Labute approximate surface area is 136 Å². The quantitative estimate of drug-likeness (QED) is 0.833. The summed E-state index contributed by atoms with van der Waals surface area (Å²) < 4.78 is 5.17. The number of carbonyl (C=O) groups excluding carboxylic acids is 2. The van der Waals surface area contributed by atoms with Gasteiger partial charge in [0.15, 0.2) is 6.61 Å². The molecular weight excluding hydrogens is 292 g/mol. The maximum Gasteiger partial charge on any atom is 0.340 e. The lowest BCUT2D eigenvalue weighted by molar-refractivity contribution is -0.124.